The molecule has 0 fully saturated rings. The van der Waals surface area contributed by atoms with E-state index in [0.29, 0.717) is 23.0 Å². The molecular formula is C19H16N4O3. The zero-order valence-corrected chi connectivity index (χ0v) is 14.1. The normalized spacial score (nSPS) is 11.3. The Morgan fingerprint density at radius 3 is 2.69 bits per heavy atom. The van der Waals surface area contributed by atoms with E-state index in [0.717, 1.165) is 16.6 Å². The summed E-state index contributed by atoms with van der Waals surface area (Å²) in [4.78, 5) is 23.7. The Kier molecular flexibility index (Phi) is 3.76. The maximum atomic E-state index is 12.9. The molecule has 7 nitrogen and oxygen atoms in total. The van der Waals surface area contributed by atoms with Gasteiger partial charge in [0.25, 0.3) is 0 Å². The van der Waals surface area contributed by atoms with Crippen LogP contribution in [0.3, 0.4) is 0 Å². The molecule has 7 heteroatoms. The van der Waals surface area contributed by atoms with Gasteiger partial charge in [-0.15, -0.1) is 5.10 Å². The lowest BCUT2D eigenvalue weighted by Crippen LogP contribution is -2.12. The second kappa shape index (κ2) is 6.11. The largest absolute Gasteiger partial charge is 0.480 e. The summed E-state index contributed by atoms with van der Waals surface area (Å²) < 4.78 is 3.30. The number of hydrogen-bond donors (Lipinski definition) is 1. The Morgan fingerprint density at radius 2 is 1.88 bits per heavy atom. The lowest BCUT2D eigenvalue weighted by atomic mass is 10.1. The van der Waals surface area contributed by atoms with E-state index in [4.69, 9.17) is 5.11 Å². The molecule has 130 valence electrons. The number of carbonyl (C=O) groups is 1. The van der Waals surface area contributed by atoms with Crippen molar-refractivity contribution >= 4 is 27.8 Å². The molecule has 26 heavy (non-hydrogen) atoms. The minimum absolute atomic E-state index is 0.00471. The number of carboxylic acids is 1. The van der Waals surface area contributed by atoms with E-state index in [-0.39, 0.29) is 12.0 Å². The number of benzene rings is 2. The SMILES string of the molecule is Cc1ccc2c(c1)c(=O)c1ccccc1n2Cc1cn(CC(=O)O)nn1. The number of hydrogen-bond acceptors (Lipinski definition) is 4. The van der Waals surface area contributed by atoms with Crippen molar-refractivity contribution in [1.29, 1.82) is 0 Å². The monoisotopic (exact) mass is 348 g/mol. The topological polar surface area (TPSA) is 90.0 Å². The molecule has 2 aromatic carbocycles. The van der Waals surface area contributed by atoms with Gasteiger partial charge in [0.2, 0.25) is 0 Å². The van der Waals surface area contributed by atoms with Crippen molar-refractivity contribution in [2.45, 2.75) is 20.0 Å². The molecule has 0 unspecified atom stereocenters. The molecule has 0 saturated heterocycles. The predicted octanol–water partition coefficient (Wildman–Crippen LogP) is 2.19. The van der Waals surface area contributed by atoms with E-state index in [1.807, 2.05) is 54.0 Å². The summed E-state index contributed by atoms with van der Waals surface area (Å²) in [5.41, 5.74) is 3.27. The Bertz CT molecular complexity index is 1210. The third-order valence-electron chi connectivity index (χ3n) is 4.33. The van der Waals surface area contributed by atoms with E-state index >= 15 is 0 Å². The highest BCUT2D eigenvalue weighted by Gasteiger charge is 2.13. The number of para-hydroxylation sites is 1. The number of fused-ring (bicyclic) bond motifs is 2. The Balaban J connectivity index is 1.92. The van der Waals surface area contributed by atoms with Crippen LogP contribution in [0.4, 0.5) is 0 Å². The Morgan fingerprint density at radius 1 is 1.12 bits per heavy atom. The second-order valence-electron chi connectivity index (χ2n) is 6.25. The standard InChI is InChI=1S/C19H16N4O3/c1-12-6-7-17-15(8-12)19(26)14-4-2-3-5-16(14)23(17)10-13-9-22(21-20-13)11-18(24)25/h2-9H,10-11H2,1H3,(H,24,25). The number of rotatable bonds is 4. The van der Waals surface area contributed by atoms with Crippen LogP contribution in [0.2, 0.25) is 0 Å². The van der Waals surface area contributed by atoms with Gasteiger partial charge in [0.15, 0.2) is 5.43 Å². The van der Waals surface area contributed by atoms with Gasteiger partial charge in [-0.2, -0.15) is 0 Å². The van der Waals surface area contributed by atoms with Gasteiger partial charge in [-0.05, 0) is 31.2 Å². The first-order valence-electron chi connectivity index (χ1n) is 8.15. The first kappa shape index (κ1) is 16.0. The van der Waals surface area contributed by atoms with Gasteiger partial charge in [0.1, 0.15) is 12.2 Å². The minimum Gasteiger partial charge on any atom is -0.480 e. The fourth-order valence-electron chi connectivity index (χ4n) is 3.20. The fourth-order valence-corrected chi connectivity index (χ4v) is 3.20. The smallest absolute Gasteiger partial charge is 0.325 e. The minimum atomic E-state index is -0.976. The number of aromatic nitrogens is 4. The molecule has 1 N–H and O–H groups in total. The van der Waals surface area contributed by atoms with Crippen LogP contribution in [0.1, 0.15) is 11.3 Å². The Hall–Kier alpha value is -3.48. The molecule has 0 saturated carbocycles. The van der Waals surface area contributed by atoms with Gasteiger partial charge in [-0.3, -0.25) is 9.59 Å². The quantitative estimate of drug-likeness (QED) is 0.571. The van der Waals surface area contributed by atoms with Gasteiger partial charge < -0.3 is 9.67 Å². The van der Waals surface area contributed by atoms with Crippen molar-refractivity contribution in [3.63, 3.8) is 0 Å². The zero-order chi connectivity index (χ0) is 18.3. The van der Waals surface area contributed by atoms with Crippen molar-refractivity contribution in [2.75, 3.05) is 0 Å². The zero-order valence-electron chi connectivity index (χ0n) is 14.1. The molecule has 0 aliphatic rings. The van der Waals surface area contributed by atoms with Crippen molar-refractivity contribution in [3.8, 4) is 0 Å². The summed E-state index contributed by atoms with van der Waals surface area (Å²) in [6.45, 7) is 2.10. The van der Waals surface area contributed by atoms with E-state index in [1.165, 1.54) is 4.68 Å². The number of carboxylic acid groups (broad SMARTS) is 1. The van der Waals surface area contributed by atoms with Crippen LogP contribution < -0.4 is 5.43 Å². The summed E-state index contributed by atoms with van der Waals surface area (Å²) in [6, 6.07) is 13.2. The molecule has 0 aliphatic carbocycles. The third-order valence-corrected chi connectivity index (χ3v) is 4.33. The van der Waals surface area contributed by atoms with Gasteiger partial charge in [-0.1, -0.05) is 29.0 Å². The van der Waals surface area contributed by atoms with E-state index in [9.17, 15) is 9.59 Å². The molecule has 2 aromatic heterocycles. The number of pyridine rings is 1. The molecule has 4 aromatic rings. The molecule has 2 heterocycles. The Labute approximate surface area is 148 Å². The van der Waals surface area contributed by atoms with Crippen molar-refractivity contribution < 1.29 is 9.90 Å². The highest BCUT2D eigenvalue weighted by atomic mass is 16.4. The highest BCUT2D eigenvalue weighted by Crippen LogP contribution is 2.21. The van der Waals surface area contributed by atoms with Crippen molar-refractivity contribution in [2.24, 2.45) is 0 Å². The summed E-state index contributed by atoms with van der Waals surface area (Å²) in [7, 11) is 0. The van der Waals surface area contributed by atoms with Crippen LogP contribution in [0, 0.1) is 6.92 Å². The first-order chi connectivity index (χ1) is 12.5. The molecule has 0 amide bonds. The first-order valence-corrected chi connectivity index (χ1v) is 8.15. The van der Waals surface area contributed by atoms with E-state index < -0.39 is 5.97 Å². The molecule has 0 spiro atoms. The average molecular weight is 348 g/mol. The lowest BCUT2D eigenvalue weighted by Gasteiger charge is -2.14. The predicted molar refractivity (Wildman–Crippen MR) is 97.2 cm³/mol. The van der Waals surface area contributed by atoms with E-state index in [1.54, 1.807) is 6.20 Å². The van der Waals surface area contributed by atoms with Gasteiger partial charge in [-0.25, -0.2) is 4.68 Å². The lowest BCUT2D eigenvalue weighted by molar-refractivity contribution is -0.137. The van der Waals surface area contributed by atoms with Crippen LogP contribution in [0.5, 0.6) is 0 Å². The summed E-state index contributed by atoms with van der Waals surface area (Å²) in [5, 5.41) is 18.1. The second-order valence-corrected chi connectivity index (χ2v) is 6.25. The van der Waals surface area contributed by atoms with Gasteiger partial charge in [0.05, 0.1) is 23.8 Å². The molecule has 0 radical (unpaired) electrons. The van der Waals surface area contributed by atoms with Gasteiger partial charge in [0, 0.05) is 10.8 Å². The van der Waals surface area contributed by atoms with Crippen molar-refractivity contribution in [3.05, 3.63) is 70.1 Å². The van der Waals surface area contributed by atoms with Crippen molar-refractivity contribution in [1.82, 2.24) is 19.6 Å². The van der Waals surface area contributed by atoms with Crippen LogP contribution in [0.25, 0.3) is 21.8 Å². The van der Waals surface area contributed by atoms with Crippen LogP contribution >= 0.6 is 0 Å². The average Bonchev–Trinajstić information content (AvgIpc) is 3.05. The van der Waals surface area contributed by atoms with Crippen LogP contribution in [-0.2, 0) is 17.9 Å². The highest BCUT2D eigenvalue weighted by molar-refractivity contribution is 5.93. The molecule has 4 rings (SSSR count). The number of aliphatic carboxylic acids is 1. The van der Waals surface area contributed by atoms with Gasteiger partial charge >= 0.3 is 5.97 Å². The molecule has 0 bridgehead atoms. The maximum absolute atomic E-state index is 12.9. The molecule has 0 aliphatic heterocycles. The summed E-state index contributed by atoms with van der Waals surface area (Å²) in [5.74, 6) is -0.976. The number of nitrogens with zero attached hydrogens (tertiary/aromatic N) is 4. The van der Waals surface area contributed by atoms with Crippen LogP contribution in [-0.4, -0.2) is 30.6 Å². The van der Waals surface area contributed by atoms with E-state index in [2.05, 4.69) is 10.3 Å². The maximum Gasteiger partial charge on any atom is 0.325 e. The summed E-state index contributed by atoms with van der Waals surface area (Å²) in [6.07, 6.45) is 1.61. The fraction of sp³-hybridized carbons (Fsp3) is 0.158. The third kappa shape index (κ3) is 2.73. The molecular weight excluding hydrogens is 332 g/mol. The summed E-state index contributed by atoms with van der Waals surface area (Å²) >= 11 is 0. The number of aryl methyl sites for hydroxylation is 1. The molecule has 0 atom stereocenters. The van der Waals surface area contributed by atoms with Crippen LogP contribution in [0.15, 0.2) is 53.5 Å².